The Hall–Kier alpha value is -3.66. The van der Waals surface area contributed by atoms with Crippen molar-refractivity contribution in [3.8, 4) is 23.0 Å². The van der Waals surface area contributed by atoms with Gasteiger partial charge in [-0.3, -0.25) is 0 Å². The van der Waals surface area contributed by atoms with E-state index in [9.17, 15) is 0 Å². The number of hydrogen-bond donors (Lipinski definition) is 2. The highest BCUT2D eigenvalue weighted by atomic mass is 16.5. The molecule has 4 rings (SSSR count). The van der Waals surface area contributed by atoms with Crippen LogP contribution in [0, 0.1) is 0 Å². The van der Waals surface area contributed by atoms with Crippen LogP contribution in [0.25, 0.3) is 10.8 Å². The second kappa shape index (κ2) is 6.69. The summed E-state index contributed by atoms with van der Waals surface area (Å²) in [4.78, 5) is 0. The van der Waals surface area contributed by atoms with Gasteiger partial charge in [0.25, 0.3) is 0 Å². The fourth-order valence-electron chi connectivity index (χ4n) is 2.78. The number of benzene rings is 4. The normalized spacial score (nSPS) is 10.6. The molecule has 0 aliphatic rings. The van der Waals surface area contributed by atoms with Gasteiger partial charge in [0.1, 0.15) is 23.0 Å². The number of nitrogen functional groups attached to an aromatic ring is 2. The molecule has 0 amide bonds. The number of anilines is 2. The minimum atomic E-state index is 0.601. The summed E-state index contributed by atoms with van der Waals surface area (Å²) in [5.74, 6) is 2.73. The summed E-state index contributed by atoms with van der Waals surface area (Å²) in [6.45, 7) is 0. The molecule has 0 bridgehead atoms. The van der Waals surface area contributed by atoms with E-state index in [0.29, 0.717) is 28.6 Å². The highest BCUT2D eigenvalue weighted by Gasteiger charge is 2.08. The maximum Gasteiger partial charge on any atom is 0.150 e. The number of ether oxygens (including phenoxy) is 2. The fraction of sp³-hybridized carbons (Fsp3) is 0. The zero-order valence-corrected chi connectivity index (χ0v) is 14.1. The first kappa shape index (κ1) is 15.8. The molecule has 0 radical (unpaired) electrons. The molecule has 128 valence electrons. The van der Waals surface area contributed by atoms with Crippen molar-refractivity contribution in [2.75, 3.05) is 11.5 Å². The van der Waals surface area contributed by atoms with Crippen LogP contribution in [0.5, 0.6) is 23.0 Å². The Morgan fingerprint density at radius 3 is 1.85 bits per heavy atom. The third-order valence-electron chi connectivity index (χ3n) is 4.10. The van der Waals surface area contributed by atoms with Gasteiger partial charge in [0, 0.05) is 5.39 Å². The second-order valence-electron chi connectivity index (χ2n) is 5.92. The van der Waals surface area contributed by atoms with E-state index in [0.717, 1.165) is 16.5 Å². The van der Waals surface area contributed by atoms with Gasteiger partial charge < -0.3 is 20.9 Å². The van der Waals surface area contributed by atoms with Gasteiger partial charge in [0.15, 0.2) is 0 Å². The van der Waals surface area contributed by atoms with Crippen LogP contribution in [0.4, 0.5) is 11.4 Å². The zero-order valence-electron chi connectivity index (χ0n) is 14.1. The summed E-state index contributed by atoms with van der Waals surface area (Å²) in [5, 5.41) is 1.98. The minimum Gasteiger partial charge on any atom is -0.455 e. The van der Waals surface area contributed by atoms with Crippen molar-refractivity contribution in [3.63, 3.8) is 0 Å². The van der Waals surface area contributed by atoms with Crippen molar-refractivity contribution in [2.45, 2.75) is 0 Å². The quantitative estimate of drug-likeness (QED) is 0.474. The third kappa shape index (κ3) is 3.13. The summed E-state index contributed by atoms with van der Waals surface area (Å²) in [7, 11) is 0. The van der Waals surface area contributed by atoms with E-state index in [4.69, 9.17) is 20.9 Å². The Bertz CT molecular complexity index is 1080. The van der Waals surface area contributed by atoms with Crippen LogP contribution >= 0.6 is 0 Å². The lowest BCUT2D eigenvalue weighted by Gasteiger charge is -2.12. The van der Waals surface area contributed by atoms with Crippen LogP contribution in [0.15, 0.2) is 84.9 Å². The molecule has 4 nitrogen and oxygen atoms in total. The lowest BCUT2D eigenvalue weighted by Crippen LogP contribution is -1.93. The first-order valence-corrected chi connectivity index (χ1v) is 8.28. The van der Waals surface area contributed by atoms with Crippen LogP contribution in [0.1, 0.15) is 0 Å². The van der Waals surface area contributed by atoms with E-state index in [1.807, 2.05) is 84.9 Å². The molecule has 0 unspecified atom stereocenters. The smallest absolute Gasteiger partial charge is 0.150 e. The number of para-hydroxylation sites is 4. The SMILES string of the molecule is Nc1ccccc1Oc1ccc2c(Oc3ccccc3N)cccc2c1. The Morgan fingerprint density at radius 2 is 1.15 bits per heavy atom. The van der Waals surface area contributed by atoms with Gasteiger partial charge in [-0.15, -0.1) is 0 Å². The summed E-state index contributed by atoms with van der Waals surface area (Å²) >= 11 is 0. The number of rotatable bonds is 4. The standard InChI is InChI=1S/C22H18N2O2/c23-18-7-1-3-9-21(18)25-16-12-13-17-15(14-16)6-5-11-20(17)26-22-10-4-2-8-19(22)24/h1-14H,23-24H2. The third-order valence-corrected chi connectivity index (χ3v) is 4.10. The monoisotopic (exact) mass is 342 g/mol. The highest BCUT2D eigenvalue weighted by Crippen LogP contribution is 2.35. The van der Waals surface area contributed by atoms with Crippen LogP contribution in [0.2, 0.25) is 0 Å². The van der Waals surface area contributed by atoms with Crippen molar-refractivity contribution in [1.29, 1.82) is 0 Å². The van der Waals surface area contributed by atoms with Crippen molar-refractivity contribution in [3.05, 3.63) is 84.9 Å². The molecule has 0 saturated heterocycles. The predicted octanol–water partition coefficient (Wildman–Crippen LogP) is 5.59. The minimum absolute atomic E-state index is 0.601. The van der Waals surface area contributed by atoms with Crippen LogP contribution in [-0.4, -0.2) is 0 Å². The maximum absolute atomic E-state index is 6.01. The molecular formula is C22H18N2O2. The fourth-order valence-corrected chi connectivity index (χ4v) is 2.78. The molecule has 0 spiro atoms. The molecule has 0 fully saturated rings. The zero-order chi connectivity index (χ0) is 17.9. The molecule has 4 N–H and O–H groups in total. The lowest BCUT2D eigenvalue weighted by molar-refractivity contribution is 0.484. The number of nitrogens with two attached hydrogens (primary N) is 2. The first-order chi connectivity index (χ1) is 12.7. The molecule has 0 aromatic heterocycles. The molecule has 0 aliphatic heterocycles. The Balaban J connectivity index is 1.68. The van der Waals surface area contributed by atoms with E-state index in [1.165, 1.54) is 0 Å². The molecule has 4 aromatic rings. The second-order valence-corrected chi connectivity index (χ2v) is 5.92. The topological polar surface area (TPSA) is 70.5 Å². The predicted molar refractivity (Wildman–Crippen MR) is 106 cm³/mol. The van der Waals surface area contributed by atoms with Gasteiger partial charge in [-0.2, -0.15) is 0 Å². The Kier molecular flexibility index (Phi) is 4.07. The Labute approximate surface area is 151 Å². The van der Waals surface area contributed by atoms with Gasteiger partial charge in [0.05, 0.1) is 11.4 Å². The number of fused-ring (bicyclic) bond motifs is 1. The molecule has 4 aromatic carbocycles. The molecule has 0 atom stereocenters. The van der Waals surface area contributed by atoms with Gasteiger partial charge in [-0.1, -0.05) is 36.4 Å². The number of hydrogen-bond acceptors (Lipinski definition) is 4. The van der Waals surface area contributed by atoms with Crippen molar-refractivity contribution in [2.24, 2.45) is 0 Å². The van der Waals surface area contributed by atoms with Crippen LogP contribution in [-0.2, 0) is 0 Å². The summed E-state index contributed by atoms with van der Waals surface area (Å²) in [6, 6.07) is 26.6. The average molecular weight is 342 g/mol. The van der Waals surface area contributed by atoms with Gasteiger partial charge >= 0.3 is 0 Å². The largest absolute Gasteiger partial charge is 0.455 e. The van der Waals surface area contributed by atoms with Crippen molar-refractivity contribution in [1.82, 2.24) is 0 Å². The van der Waals surface area contributed by atoms with Gasteiger partial charge in [-0.25, -0.2) is 0 Å². The molecule has 0 heterocycles. The average Bonchev–Trinajstić information content (AvgIpc) is 2.65. The van der Waals surface area contributed by atoms with Crippen molar-refractivity contribution < 1.29 is 9.47 Å². The Morgan fingerprint density at radius 1 is 0.538 bits per heavy atom. The van der Waals surface area contributed by atoms with E-state index < -0.39 is 0 Å². The van der Waals surface area contributed by atoms with Gasteiger partial charge in [-0.05, 0) is 53.9 Å². The summed E-state index contributed by atoms with van der Waals surface area (Å²) in [6.07, 6.45) is 0. The molecular weight excluding hydrogens is 324 g/mol. The van der Waals surface area contributed by atoms with Crippen LogP contribution in [0.3, 0.4) is 0 Å². The summed E-state index contributed by atoms with van der Waals surface area (Å²) in [5.41, 5.74) is 13.1. The van der Waals surface area contributed by atoms with E-state index >= 15 is 0 Å². The molecule has 0 aliphatic carbocycles. The van der Waals surface area contributed by atoms with Crippen molar-refractivity contribution >= 4 is 22.1 Å². The molecule has 0 saturated carbocycles. The highest BCUT2D eigenvalue weighted by molar-refractivity contribution is 5.90. The van der Waals surface area contributed by atoms with E-state index in [2.05, 4.69) is 0 Å². The maximum atomic E-state index is 6.01. The van der Waals surface area contributed by atoms with Crippen LogP contribution < -0.4 is 20.9 Å². The van der Waals surface area contributed by atoms with Gasteiger partial charge in [0.2, 0.25) is 0 Å². The first-order valence-electron chi connectivity index (χ1n) is 8.28. The van der Waals surface area contributed by atoms with E-state index in [-0.39, 0.29) is 0 Å². The summed E-state index contributed by atoms with van der Waals surface area (Å²) < 4.78 is 11.9. The van der Waals surface area contributed by atoms with E-state index in [1.54, 1.807) is 0 Å². The lowest BCUT2D eigenvalue weighted by atomic mass is 10.1. The molecule has 26 heavy (non-hydrogen) atoms. The molecule has 4 heteroatoms.